The first-order chi connectivity index (χ1) is 8.38. The molecule has 0 aromatic heterocycles. The summed E-state index contributed by atoms with van der Waals surface area (Å²) in [5.74, 6) is 0.319. The molecule has 2 unspecified atom stereocenters. The van der Waals surface area contributed by atoms with Gasteiger partial charge in [0.1, 0.15) is 0 Å². The molecule has 0 saturated carbocycles. The van der Waals surface area contributed by atoms with E-state index in [1.54, 1.807) is 0 Å². The van der Waals surface area contributed by atoms with E-state index >= 15 is 0 Å². The molecule has 0 aliphatic carbocycles. The summed E-state index contributed by atoms with van der Waals surface area (Å²) < 4.78 is 0. The molecule has 0 bridgehead atoms. The molecule has 0 spiro atoms. The van der Waals surface area contributed by atoms with Crippen molar-refractivity contribution in [2.45, 2.75) is 40.2 Å². The molecule has 0 aromatic carbocycles. The summed E-state index contributed by atoms with van der Waals surface area (Å²) in [6.07, 6.45) is 0.761. The van der Waals surface area contributed by atoms with Crippen molar-refractivity contribution in [3.8, 4) is 0 Å². The zero-order chi connectivity index (χ0) is 13.7. The highest BCUT2D eigenvalue weighted by Crippen LogP contribution is 2.18. The number of nitrogens with zero attached hydrogens (tertiary/aromatic N) is 1. The lowest BCUT2D eigenvalue weighted by Crippen LogP contribution is -2.52. The molecular formula is C14H28N2O2. The highest BCUT2D eigenvalue weighted by molar-refractivity contribution is 5.70. The minimum Gasteiger partial charge on any atom is -0.481 e. The molecule has 0 radical (unpaired) electrons. The molecule has 1 fully saturated rings. The summed E-state index contributed by atoms with van der Waals surface area (Å²) in [4.78, 5) is 13.5. The third-order valence-electron chi connectivity index (χ3n) is 3.31. The SMILES string of the molecule is CC(C)CNC1CC(C(=O)O)CN(CC(C)C)C1. The lowest BCUT2D eigenvalue weighted by molar-refractivity contribution is -0.144. The van der Waals surface area contributed by atoms with Gasteiger partial charge >= 0.3 is 5.97 Å². The van der Waals surface area contributed by atoms with Crippen molar-refractivity contribution in [1.82, 2.24) is 10.2 Å². The van der Waals surface area contributed by atoms with E-state index in [2.05, 4.69) is 37.9 Å². The van der Waals surface area contributed by atoms with Gasteiger partial charge in [-0.25, -0.2) is 0 Å². The summed E-state index contributed by atoms with van der Waals surface area (Å²) >= 11 is 0. The standard InChI is InChI=1S/C14H28N2O2/c1-10(2)6-15-13-5-12(14(17)18)8-16(9-13)7-11(3)4/h10-13,15H,5-9H2,1-4H3,(H,17,18). The Hall–Kier alpha value is -0.610. The van der Waals surface area contributed by atoms with Gasteiger partial charge in [0.05, 0.1) is 5.92 Å². The van der Waals surface area contributed by atoms with Gasteiger partial charge in [-0.05, 0) is 24.8 Å². The normalized spacial score (nSPS) is 25.9. The molecule has 1 aliphatic heterocycles. The fraction of sp³-hybridized carbons (Fsp3) is 0.929. The van der Waals surface area contributed by atoms with Crippen molar-refractivity contribution in [1.29, 1.82) is 0 Å². The second kappa shape index (κ2) is 7.10. The molecule has 1 saturated heterocycles. The maximum absolute atomic E-state index is 11.2. The van der Waals surface area contributed by atoms with E-state index in [9.17, 15) is 9.90 Å². The first-order valence-corrected chi connectivity index (χ1v) is 7.07. The van der Waals surface area contributed by atoms with Crippen molar-refractivity contribution >= 4 is 5.97 Å². The van der Waals surface area contributed by atoms with Gasteiger partial charge in [-0.1, -0.05) is 27.7 Å². The molecule has 1 aliphatic rings. The topological polar surface area (TPSA) is 52.6 Å². The van der Waals surface area contributed by atoms with Crippen LogP contribution in [0.5, 0.6) is 0 Å². The molecule has 2 atom stereocenters. The predicted molar refractivity (Wildman–Crippen MR) is 73.6 cm³/mol. The lowest BCUT2D eigenvalue weighted by Gasteiger charge is -2.37. The number of carboxylic acids is 1. The third kappa shape index (κ3) is 5.36. The number of hydrogen-bond acceptors (Lipinski definition) is 3. The second-order valence-electron chi connectivity index (χ2n) is 6.38. The molecule has 1 rings (SSSR count). The minimum atomic E-state index is -0.653. The number of carboxylic acid groups (broad SMARTS) is 1. The van der Waals surface area contributed by atoms with E-state index in [-0.39, 0.29) is 5.92 Å². The van der Waals surface area contributed by atoms with Gasteiger partial charge in [0, 0.05) is 25.7 Å². The smallest absolute Gasteiger partial charge is 0.307 e. The lowest BCUT2D eigenvalue weighted by atomic mass is 9.93. The average Bonchev–Trinajstić information content (AvgIpc) is 2.25. The Morgan fingerprint density at radius 3 is 2.44 bits per heavy atom. The number of carbonyl (C=O) groups is 1. The molecule has 4 nitrogen and oxygen atoms in total. The number of hydrogen-bond donors (Lipinski definition) is 2. The second-order valence-corrected chi connectivity index (χ2v) is 6.38. The summed E-state index contributed by atoms with van der Waals surface area (Å²) in [6, 6.07) is 0.320. The number of aliphatic carboxylic acids is 1. The van der Waals surface area contributed by atoms with Crippen LogP contribution in [-0.2, 0) is 4.79 Å². The van der Waals surface area contributed by atoms with Crippen molar-refractivity contribution in [3.63, 3.8) is 0 Å². The Morgan fingerprint density at radius 2 is 1.94 bits per heavy atom. The zero-order valence-electron chi connectivity index (χ0n) is 12.1. The highest BCUT2D eigenvalue weighted by atomic mass is 16.4. The van der Waals surface area contributed by atoms with Crippen LogP contribution < -0.4 is 5.32 Å². The molecule has 18 heavy (non-hydrogen) atoms. The van der Waals surface area contributed by atoms with Gasteiger partial charge in [0.25, 0.3) is 0 Å². The zero-order valence-corrected chi connectivity index (χ0v) is 12.1. The molecule has 0 aromatic rings. The number of likely N-dealkylation sites (tertiary alicyclic amines) is 1. The van der Waals surface area contributed by atoms with Gasteiger partial charge in [0.15, 0.2) is 0 Å². The fourth-order valence-electron chi connectivity index (χ4n) is 2.59. The summed E-state index contributed by atoms with van der Waals surface area (Å²) in [7, 11) is 0. The van der Waals surface area contributed by atoms with Crippen molar-refractivity contribution < 1.29 is 9.90 Å². The van der Waals surface area contributed by atoms with Gasteiger partial charge < -0.3 is 15.3 Å². The fourth-order valence-corrected chi connectivity index (χ4v) is 2.59. The number of rotatable bonds is 6. The van der Waals surface area contributed by atoms with Crippen molar-refractivity contribution in [2.24, 2.45) is 17.8 Å². The minimum absolute atomic E-state index is 0.220. The van der Waals surface area contributed by atoms with Gasteiger partial charge in [-0.3, -0.25) is 4.79 Å². The Labute approximate surface area is 111 Å². The van der Waals surface area contributed by atoms with Crippen molar-refractivity contribution in [2.75, 3.05) is 26.2 Å². The quantitative estimate of drug-likeness (QED) is 0.759. The highest BCUT2D eigenvalue weighted by Gasteiger charge is 2.31. The third-order valence-corrected chi connectivity index (χ3v) is 3.31. The van der Waals surface area contributed by atoms with Crippen LogP contribution in [0.2, 0.25) is 0 Å². The van der Waals surface area contributed by atoms with Crippen LogP contribution in [0.15, 0.2) is 0 Å². The summed E-state index contributed by atoms with van der Waals surface area (Å²) in [6.45, 7) is 12.4. The van der Waals surface area contributed by atoms with E-state index in [4.69, 9.17) is 0 Å². The number of piperidine rings is 1. The van der Waals surface area contributed by atoms with Crippen LogP contribution in [0, 0.1) is 17.8 Å². The molecule has 4 heteroatoms. The van der Waals surface area contributed by atoms with E-state index in [0.717, 1.165) is 26.1 Å². The molecule has 106 valence electrons. The van der Waals surface area contributed by atoms with Crippen molar-refractivity contribution in [3.05, 3.63) is 0 Å². The Balaban J connectivity index is 2.53. The molecule has 2 N–H and O–H groups in total. The molecule has 0 amide bonds. The van der Waals surface area contributed by atoms with Gasteiger partial charge in [0.2, 0.25) is 0 Å². The molecule has 1 heterocycles. The van der Waals surface area contributed by atoms with E-state index < -0.39 is 5.97 Å². The van der Waals surface area contributed by atoms with Crippen LogP contribution in [0.1, 0.15) is 34.1 Å². The van der Waals surface area contributed by atoms with Gasteiger partial charge in [-0.2, -0.15) is 0 Å². The first-order valence-electron chi connectivity index (χ1n) is 7.07. The Morgan fingerprint density at radius 1 is 1.28 bits per heavy atom. The first kappa shape index (κ1) is 15.4. The summed E-state index contributed by atoms with van der Waals surface area (Å²) in [5.41, 5.74) is 0. The van der Waals surface area contributed by atoms with Gasteiger partial charge in [-0.15, -0.1) is 0 Å². The van der Waals surface area contributed by atoms with E-state index in [1.165, 1.54) is 0 Å². The largest absolute Gasteiger partial charge is 0.481 e. The maximum Gasteiger partial charge on any atom is 0.307 e. The number of nitrogens with one attached hydrogen (secondary N) is 1. The summed E-state index contributed by atoms with van der Waals surface area (Å²) in [5, 5.41) is 12.7. The average molecular weight is 256 g/mol. The van der Waals surface area contributed by atoms with Crippen LogP contribution in [-0.4, -0.2) is 48.2 Å². The maximum atomic E-state index is 11.2. The Bertz CT molecular complexity index is 267. The van der Waals surface area contributed by atoms with E-state index in [1.807, 2.05) is 0 Å². The predicted octanol–water partition coefficient (Wildman–Crippen LogP) is 1.66. The monoisotopic (exact) mass is 256 g/mol. The van der Waals surface area contributed by atoms with Crippen LogP contribution in [0.25, 0.3) is 0 Å². The van der Waals surface area contributed by atoms with Crippen LogP contribution in [0.4, 0.5) is 0 Å². The molecular weight excluding hydrogens is 228 g/mol. The Kier molecular flexibility index (Phi) is 6.09. The van der Waals surface area contributed by atoms with Crippen LogP contribution in [0.3, 0.4) is 0 Å². The van der Waals surface area contributed by atoms with Crippen LogP contribution >= 0.6 is 0 Å². The van der Waals surface area contributed by atoms with E-state index in [0.29, 0.717) is 24.4 Å².